The number of aliphatic hydroxyl groups excluding tert-OH is 1. The average Bonchev–Trinajstić information content (AvgIpc) is 3.74. The predicted octanol–water partition coefficient (Wildman–Crippen LogP) is 6.56. The first-order valence-electron chi connectivity index (χ1n) is 18.7. The quantitative estimate of drug-likeness (QED) is 0.0960. The van der Waals surface area contributed by atoms with E-state index < -0.39 is 28.5 Å². The minimum Gasteiger partial charge on any atom is -0.481 e. The number of ether oxygens (including phenoxy) is 2. The third-order valence-corrected chi connectivity index (χ3v) is 15.1. The fourth-order valence-electron chi connectivity index (χ4n) is 9.41. The minimum absolute atomic E-state index is 0.00176. The molecule has 1 spiro atoms. The lowest BCUT2D eigenvalue weighted by Crippen LogP contribution is -2.63. The molecule has 3 N–H and O–H groups in total. The number of amides is 1. The first kappa shape index (κ1) is 36.2. The molecule has 2 fully saturated rings. The molecule has 2 aliphatic carbocycles. The van der Waals surface area contributed by atoms with Gasteiger partial charge in [0, 0.05) is 77.7 Å². The van der Waals surface area contributed by atoms with Gasteiger partial charge in [-0.3, -0.25) is 4.79 Å². The van der Waals surface area contributed by atoms with Crippen molar-refractivity contribution in [3.63, 3.8) is 0 Å². The number of aromatic nitrogens is 1. The lowest BCUT2D eigenvalue weighted by Gasteiger charge is -2.52. The first-order chi connectivity index (χ1) is 25.5. The zero-order valence-corrected chi connectivity index (χ0v) is 32.2. The maximum Gasteiger partial charge on any atom is 0.340 e. The van der Waals surface area contributed by atoms with Gasteiger partial charge in [-0.1, -0.05) is 52.2 Å². The van der Waals surface area contributed by atoms with Crippen LogP contribution in [0, 0.1) is 0 Å². The van der Waals surface area contributed by atoms with Crippen LogP contribution in [0.2, 0.25) is 0 Å². The van der Waals surface area contributed by atoms with Gasteiger partial charge in [-0.15, -0.1) is 0 Å². The van der Waals surface area contributed by atoms with E-state index in [0.29, 0.717) is 53.3 Å². The number of hydrogen-bond acceptors (Lipinski definition) is 11. The second-order valence-electron chi connectivity index (χ2n) is 15.6. The molecule has 280 valence electrons. The number of anilines is 1. The van der Waals surface area contributed by atoms with Crippen molar-refractivity contribution in [3.05, 3.63) is 86.4 Å². The second kappa shape index (κ2) is 13.8. The van der Waals surface area contributed by atoms with E-state index >= 15 is 0 Å². The number of nitrogens with two attached hydrogens (primary N) is 1. The number of aliphatic hydroxyl groups is 1. The van der Waals surface area contributed by atoms with Crippen molar-refractivity contribution in [2.45, 2.75) is 107 Å². The molecule has 4 atom stereocenters. The van der Waals surface area contributed by atoms with Crippen LogP contribution in [0.25, 0.3) is 11.0 Å². The normalized spacial score (nSPS) is 28.1. The number of esters is 1. The van der Waals surface area contributed by atoms with Crippen molar-refractivity contribution in [2.75, 3.05) is 30.4 Å². The molecule has 1 saturated heterocycles. The monoisotopic (exact) mass is 757 g/mol. The molecule has 8 rings (SSSR count). The van der Waals surface area contributed by atoms with Crippen molar-refractivity contribution in [3.8, 4) is 5.75 Å². The summed E-state index contributed by atoms with van der Waals surface area (Å²) in [6.07, 6.45) is 11.8. The van der Waals surface area contributed by atoms with Crippen LogP contribution in [-0.2, 0) is 32.6 Å². The number of nitrogen functional groups attached to an aromatic ring is 1. The Morgan fingerprint density at radius 1 is 1.17 bits per heavy atom. The Bertz CT molecular complexity index is 2110. The van der Waals surface area contributed by atoms with Crippen molar-refractivity contribution in [1.29, 1.82) is 0 Å². The van der Waals surface area contributed by atoms with Crippen molar-refractivity contribution in [1.82, 2.24) is 9.88 Å². The summed E-state index contributed by atoms with van der Waals surface area (Å²) in [6.45, 7) is 6.25. The maximum atomic E-state index is 13.8. The smallest absolute Gasteiger partial charge is 0.340 e. The van der Waals surface area contributed by atoms with Gasteiger partial charge in [0.1, 0.15) is 17.2 Å². The van der Waals surface area contributed by atoms with Crippen molar-refractivity contribution < 1.29 is 28.6 Å². The summed E-state index contributed by atoms with van der Waals surface area (Å²) in [6, 6.07) is 7.87. The highest BCUT2D eigenvalue weighted by molar-refractivity contribution is 8.76. The van der Waals surface area contributed by atoms with Crippen LogP contribution in [0.3, 0.4) is 0 Å². The van der Waals surface area contributed by atoms with Gasteiger partial charge in [-0.2, -0.15) is 0 Å². The van der Waals surface area contributed by atoms with Crippen LogP contribution in [0.1, 0.15) is 93.9 Å². The number of hydrogen-bond donors (Lipinski definition) is 2. The third kappa shape index (κ3) is 6.09. The molecule has 3 aromatic rings. The van der Waals surface area contributed by atoms with E-state index in [1.807, 2.05) is 36.9 Å². The highest BCUT2D eigenvalue weighted by atomic mass is 33.1. The average molecular weight is 758 g/mol. The number of nitrogens with zero attached hydrogens (tertiary/aromatic N) is 2. The van der Waals surface area contributed by atoms with E-state index in [1.165, 1.54) is 0 Å². The summed E-state index contributed by atoms with van der Waals surface area (Å²) in [5.41, 5.74) is 8.48. The molecular formula is C41H47N3O7S2. The van der Waals surface area contributed by atoms with Crippen molar-refractivity contribution in [2.24, 2.45) is 0 Å². The van der Waals surface area contributed by atoms with Crippen LogP contribution < -0.4 is 16.1 Å². The van der Waals surface area contributed by atoms with Crippen LogP contribution >= 0.6 is 21.6 Å². The number of benzene rings is 1. The molecule has 12 heteroatoms. The Labute approximate surface area is 317 Å². The van der Waals surface area contributed by atoms with E-state index in [9.17, 15) is 19.5 Å². The Hall–Kier alpha value is -3.74. The zero-order valence-electron chi connectivity index (χ0n) is 30.6. The zero-order chi connectivity index (χ0) is 37.1. The molecule has 0 radical (unpaired) electrons. The van der Waals surface area contributed by atoms with Gasteiger partial charge in [-0.05, 0) is 81.3 Å². The van der Waals surface area contributed by atoms with Gasteiger partial charge in [0.25, 0.3) is 0 Å². The summed E-state index contributed by atoms with van der Waals surface area (Å²) in [7, 11) is 3.55. The van der Waals surface area contributed by atoms with E-state index in [0.717, 1.165) is 72.1 Å². The Balaban J connectivity index is 1.30. The first-order valence-corrected chi connectivity index (χ1v) is 21.2. The summed E-state index contributed by atoms with van der Waals surface area (Å²) in [5, 5.41) is 10.8. The lowest BCUT2D eigenvalue weighted by atomic mass is 9.61. The fourth-order valence-corrected chi connectivity index (χ4v) is 11.9. The van der Waals surface area contributed by atoms with Crippen molar-refractivity contribution >= 4 is 50.3 Å². The number of rotatable bonds is 5. The third-order valence-electron chi connectivity index (χ3n) is 12.7. The summed E-state index contributed by atoms with van der Waals surface area (Å²) < 4.78 is 19.9. The van der Waals surface area contributed by atoms with Gasteiger partial charge in [0.05, 0.1) is 12.3 Å². The standard InChI is InChI=1S/C41H47N3O7S2/c1-4-24(2)37(47)51-39(3)11-7-25-22-52-53-23-29-8-13-44(29)35(46)17-28-21-43-34(42)18-30(28)36(25)41(39)20-27-15-26-16-31(40(12-14-45)9-5-6-10-40)38(48)49-32(26)19-33(27)50-41/h4,7,15-16,18-19,21,29,36,45H,5-6,8-14,17,20,22-23H2,1-3H3,(H2,42,43)/b24-4+/t29-,36-,39-,41-/m1/s1. The molecule has 3 aliphatic heterocycles. The SMILES string of the molecule is C/C=C(\C)C(=O)O[C@]1(C)CC=C2CSSC[C@H]3CCN3C(=O)Cc3cnc(N)cc3[C@@H]2[C@]12Cc1cc3cc(C4(CCO)CCCC4)c(=O)oc3cc1O2. The predicted molar refractivity (Wildman–Crippen MR) is 208 cm³/mol. The molecule has 0 unspecified atom stereocenters. The topological polar surface area (TPSA) is 145 Å². The van der Waals surface area contributed by atoms with Gasteiger partial charge in [0.2, 0.25) is 5.91 Å². The maximum absolute atomic E-state index is 13.8. The van der Waals surface area contributed by atoms with Crippen LogP contribution in [0.5, 0.6) is 5.75 Å². The molecule has 1 saturated carbocycles. The Morgan fingerprint density at radius 2 is 1.98 bits per heavy atom. The largest absolute Gasteiger partial charge is 0.481 e. The highest BCUT2D eigenvalue weighted by Crippen LogP contribution is 2.58. The molecule has 10 nitrogen and oxygen atoms in total. The second-order valence-corrected chi connectivity index (χ2v) is 18.2. The number of fused-ring (bicyclic) bond motifs is 7. The van der Waals surface area contributed by atoms with Crippen LogP contribution in [0.15, 0.2) is 63.0 Å². The van der Waals surface area contributed by atoms with Gasteiger partial charge < -0.3 is 29.6 Å². The highest BCUT2D eigenvalue weighted by Gasteiger charge is 2.64. The Morgan fingerprint density at radius 3 is 2.72 bits per heavy atom. The minimum atomic E-state index is -1.16. The molecule has 2 aromatic heterocycles. The van der Waals surface area contributed by atoms with E-state index in [2.05, 4.69) is 11.1 Å². The summed E-state index contributed by atoms with van der Waals surface area (Å²) in [5.74, 6) is 1.61. The van der Waals surface area contributed by atoms with E-state index in [4.69, 9.17) is 19.6 Å². The molecule has 0 bridgehead atoms. The molecule has 5 aliphatic rings. The number of carbonyl (C=O) groups is 2. The molecular weight excluding hydrogens is 711 g/mol. The molecule has 1 aromatic carbocycles. The van der Waals surface area contributed by atoms with Gasteiger partial charge >= 0.3 is 11.6 Å². The molecule has 5 heterocycles. The fraction of sp³-hybridized carbons (Fsp3) is 0.512. The van der Waals surface area contributed by atoms with Gasteiger partial charge in [-0.25, -0.2) is 14.6 Å². The molecule has 1 amide bonds. The van der Waals surface area contributed by atoms with Crippen LogP contribution in [-0.4, -0.2) is 68.8 Å². The summed E-state index contributed by atoms with van der Waals surface area (Å²) >= 11 is 0. The number of carbonyl (C=O) groups excluding carboxylic acids is 2. The number of pyridine rings is 1. The Kier molecular flexibility index (Phi) is 9.46. The van der Waals surface area contributed by atoms with E-state index in [-0.39, 0.29) is 30.6 Å². The van der Waals surface area contributed by atoms with Gasteiger partial charge in [0.15, 0.2) is 11.2 Å². The molecule has 53 heavy (non-hydrogen) atoms. The lowest BCUT2D eigenvalue weighted by molar-refractivity contribution is -0.183. The summed E-state index contributed by atoms with van der Waals surface area (Å²) in [4.78, 5) is 47.5. The van der Waals surface area contributed by atoms with Crippen LogP contribution in [0.4, 0.5) is 5.82 Å². The number of allylic oxidation sites excluding steroid dienone is 1. The van der Waals surface area contributed by atoms with E-state index in [1.54, 1.807) is 46.9 Å².